The van der Waals surface area contributed by atoms with E-state index in [1.807, 2.05) is 30.3 Å². The molecule has 6 heteroatoms. The van der Waals surface area contributed by atoms with Crippen molar-refractivity contribution in [1.29, 1.82) is 0 Å². The Balaban J connectivity index is 1.68. The van der Waals surface area contributed by atoms with Gasteiger partial charge >= 0.3 is 0 Å². The van der Waals surface area contributed by atoms with Gasteiger partial charge in [0.05, 0.1) is 18.7 Å². The highest BCUT2D eigenvalue weighted by Crippen LogP contribution is 2.32. The molecule has 0 saturated carbocycles. The van der Waals surface area contributed by atoms with Crippen LogP contribution in [-0.4, -0.2) is 23.3 Å². The Hall–Kier alpha value is -3.93. The Kier molecular flexibility index (Phi) is 6.54. The van der Waals surface area contributed by atoms with Gasteiger partial charge in [0.2, 0.25) is 0 Å². The van der Waals surface area contributed by atoms with Gasteiger partial charge in [-0.1, -0.05) is 62.4 Å². The number of anilines is 1. The molecule has 0 unspecified atom stereocenters. The highest BCUT2D eigenvalue weighted by Gasteiger charge is 2.39. The first-order valence-corrected chi connectivity index (χ1v) is 10.8. The monoisotopic (exact) mass is 444 g/mol. The van der Waals surface area contributed by atoms with Crippen LogP contribution in [0.2, 0.25) is 0 Å². The molecule has 168 valence electrons. The molecule has 0 aromatic heterocycles. The molecular formula is C27H25FN2O3. The van der Waals surface area contributed by atoms with Crippen LogP contribution >= 0.6 is 0 Å². The van der Waals surface area contributed by atoms with E-state index in [2.05, 4.69) is 19.2 Å². The first-order valence-electron chi connectivity index (χ1n) is 10.8. The molecule has 0 aliphatic carbocycles. The van der Waals surface area contributed by atoms with E-state index in [0.29, 0.717) is 29.5 Å². The summed E-state index contributed by atoms with van der Waals surface area (Å²) >= 11 is 0. The molecule has 5 nitrogen and oxygen atoms in total. The van der Waals surface area contributed by atoms with Gasteiger partial charge in [0, 0.05) is 5.69 Å². The summed E-state index contributed by atoms with van der Waals surface area (Å²) < 4.78 is 19.5. The number of carbonyl (C=O) groups excluding carboxylic acids is 2. The van der Waals surface area contributed by atoms with Crippen molar-refractivity contribution in [3.05, 3.63) is 102 Å². The first kappa shape index (κ1) is 22.3. The van der Waals surface area contributed by atoms with Gasteiger partial charge in [0.15, 0.2) is 0 Å². The van der Waals surface area contributed by atoms with Gasteiger partial charge in [-0.2, -0.15) is 0 Å². The molecule has 1 aliphatic heterocycles. The SMILES string of the molecule is CC(C)COc1ccc(C2=C(Nc3cccc(F)c3)C(=O)N(Cc3ccccc3)C2=O)cc1. The molecule has 0 radical (unpaired) electrons. The van der Waals surface area contributed by atoms with E-state index >= 15 is 0 Å². The number of nitrogens with one attached hydrogen (secondary N) is 1. The van der Waals surface area contributed by atoms with Crippen molar-refractivity contribution in [2.45, 2.75) is 20.4 Å². The quantitative estimate of drug-likeness (QED) is 0.482. The third-order valence-electron chi connectivity index (χ3n) is 5.17. The minimum absolute atomic E-state index is 0.123. The molecule has 3 aromatic carbocycles. The van der Waals surface area contributed by atoms with E-state index in [0.717, 1.165) is 5.56 Å². The molecule has 0 fully saturated rings. The number of rotatable bonds is 8. The first-order chi connectivity index (χ1) is 15.9. The molecule has 0 atom stereocenters. The lowest BCUT2D eigenvalue weighted by molar-refractivity contribution is -0.137. The summed E-state index contributed by atoms with van der Waals surface area (Å²) in [5.41, 5.74) is 2.18. The van der Waals surface area contributed by atoms with Crippen LogP contribution in [0.5, 0.6) is 5.75 Å². The van der Waals surface area contributed by atoms with Gasteiger partial charge in [-0.25, -0.2) is 4.39 Å². The third-order valence-corrected chi connectivity index (χ3v) is 5.17. The molecule has 0 spiro atoms. The number of nitrogens with zero attached hydrogens (tertiary/aromatic N) is 1. The van der Waals surface area contributed by atoms with Crippen molar-refractivity contribution in [2.24, 2.45) is 5.92 Å². The van der Waals surface area contributed by atoms with E-state index in [1.165, 1.54) is 17.0 Å². The van der Waals surface area contributed by atoms with Crippen molar-refractivity contribution in [2.75, 3.05) is 11.9 Å². The van der Waals surface area contributed by atoms with E-state index in [1.54, 1.807) is 36.4 Å². The van der Waals surface area contributed by atoms with Crippen LogP contribution in [0, 0.1) is 11.7 Å². The molecular weight excluding hydrogens is 419 g/mol. The van der Waals surface area contributed by atoms with Crippen LogP contribution in [0.1, 0.15) is 25.0 Å². The zero-order valence-electron chi connectivity index (χ0n) is 18.5. The van der Waals surface area contributed by atoms with Crippen molar-refractivity contribution < 1.29 is 18.7 Å². The Morgan fingerprint density at radius 1 is 0.909 bits per heavy atom. The van der Waals surface area contributed by atoms with Gasteiger partial charge in [0.25, 0.3) is 11.8 Å². The fraction of sp³-hybridized carbons (Fsp3) is 0.185. The predicted octanol–water partition coefficient (Wildman–Crippen LogP) is 5.25. The van der Waals surface area contributed by atoms with Crippen molar-refractivity contribution in [3.63, 3.8) is 0 Å². The zero-order valence-corrected chi connectivity index (χ0v) is 18.5. The van der Waals surface area contributed by atoms with Gasteiger partial charge in [0.1, 0.15) is 17.3 Å². The molecule has 33 heavy (non-hydrogen) atoms. The third kappa shape index (κ3) is 5.12. The molecule has 1 N–H and O–H groups in total. The summed E-state index contributed by atoms with van der Waals surface area (Å²) in [6.45, 7) is 4.85. The Morgan fingerprint density at radius 3 is 2.30 bits per heavy atom. The highest BCUT2D eigenvalue weighted by atomic mass is 19.1. The summed E-state index contributed by atoms with van der Waals surface area (Å²) in [5, 5.41) is 2.98. The second-order valence-corrected chi connectivity index (χ2v) is 8.30. The Bertz CT molecular complexity index is 1190. The fourth-order valence-electron chi connectivity index (χ4n) is 3.56. The summed E-state index contributed by atoms with van der Waals surface area (Å²) in [5.74, 6) is -0.228. The van der Waals surface area contributed by atoms with E-state index in [4.69, 9.17) is 4.74 Å². The second kappa shape index (κ2) is 9.69. The number of ether oxygens (including phenoxy) is 1. The maximum atomic E-state index is 13.7. The largest absolute Gasteiger partial charge is 0.493 e. The maximum absolute atomic E-state index is 13.7. The number of amides is 2. The van der Waals surface area contributed by atoms with Gasteiger partial charge < -0.3 is 10.1 Å². The average Bonchev–Trinajstić information content (AvgIpc) is 3.03. The van der Waals surface area contributed by atoms with E-state index < -0.39 is 17.6 Å². The molecule has 2 amide bonds. The Morgan fingerprint density at radius 2 is 1.64 bits per heavy atom. The fourth-order valence-corrected chi connectivity index (χ4v) is 3.56. The minimum atomic E-state index is -0.455. The minimum Gasteiger partial charge on any atom is -0.493 e. The predicted molar refractivity (Wildman–Crippen MR) is 126 cm³/mol. The highest BCUT2D eigenvalue weighted by molar-refractivity contribution is 6.36. The normalized spacial score (nSPS) is 13.8. The number of hydrogen-bond donors (Lipinski definition) is 1. The zero-order chi connectivity index (χ0) is 23.4. The summed E-state index contributed by atoms with van der Waals surface area (Å²) in [6, 6.07) is 22.2. The molecule has 4 rings (SSSR count). The average molecular weight is 445 g/mol. The van der Waals surface area contributed by atoms with E-state index in [9.17, 15) is 14.0 Å². The van der Waals surface area contributed by atoms with Gasteiger partial charge in [-0.05, 0) is 47.4 Å². The molecule has 3 aromatic rings. The van der Waals surface area contributed by atoms with E-state index in [-0.39, 0.29) is 17.8 Å². The number of halogens is 1. The van der Waals surface area contributed by atoms with Crippen LogP contribution < -0.4 is 10.1 Å². The second-order valence-electron chi connectivity index (χ2n) is 8.30. The number of benzene rings is 3. The summed E-state index contributed by atoms with van der Waals surface area (Å²) in [6.07, 6.45) is 0. The van der Waals surface area contributed by atoms with Crippen molar-refractivity contribution >= 4 is 23.1 Å². The van der Waals surface area contributed by atoms with Crippen LogP contribution in [0.4, 0.5) is 10.1 Å². The van der Waals surface area contributed by atoms with Gasteiger partial charge in [-0.3, -0.25) is 14.5 Å². The number of carbonyl (C=O) groups is 2. The molecule has 0 saturated heterocycles. The standard InChI is InChI=1S/C27H25FN2O3/c1-18(2)17-33-23-13-11-20(12-14-23)24-25(29-22-10-6-9-21(28)15-22)27(32)30(26(24)31)16-19-7-4-3-5-8-19/h3-15,18,29H,16-17H2,1-2H3. The number of imide groups is 1. The van der Waals surface area contributed by atoms with Crippen molar-refractivity contribution in [3.8, 4) is 5.75 Å². The lowest BCUT2D eigenvalue weighted by Crippen LogP contribution is -2.31. The summed E-state index contributed by atoms with van der Waals surface area (Å²) in [4.78, 5) is 27.9. The van der Waals surface area contributed by atoms with Crippen LogP contribution in [-0.2, 0) is 16.1 Å². The molecule has 1 aliphatic rings. The van der Waals surface area contributed by atoms with Crippen LogP contribution in [0.25, 0.3) is 5.57 Å². The topological polar surface area (TPSA) is 58.6 Å². The summed E-state index contributed by atoms with van der Waals surface area (Å²) in [7, 11) is 0. The molecule has 1 heterocycles. The van der Waals surface area contributed by atoms with Crippen LogP contribution in [0.15, 0.2) is 84.6 Å². The maximum Gasteiger partial charge on any atom is 0.278 e. The van der Waals surface area contributed by atoms with Crippen LogP contribution in [0.3, 0.4) is 0 Å². The Labute approximate surface area is 192 Å². The smallest absolute Gasteiger partial charge is 0.278 e. The molecule has 0 bridgehead atoms. The van der Waals surface area contributed by atoms with Crippen molar-refractivity contribution in [1.82, 2.24) is 4.90 Å². The number of hydrogen-bond acceptors (Lipinski definition) is 4. The lowest BCUT2D eigenvalue weighted by Gasteiger charge is -2.15. The van der Waals surface area contributed by atoms with Gasteiger partial charge in [-0.15, -0.1) is 0 Å². The lowest BCUT2D eigenvalue weighted by atomic mass is 10.0.